The Labute approximate surface area is 157 Å². The fraction of sp³-hybridized carbons (Fsp3) is 0.588. The first-order chi connectivity index (χ1) is 12.9. The maximum Gasteiger partial charge on any atom is 0.417 e. The number of aromatic nitrogens is 1. The summed E-state index contributed by atoms with van der Waals surface area (Å²) in [5.74, 6) is -6.85. The van der Waals surface area contributed by atoms with Crippen molar-refractivity contribution in [1.29, 1.82) is 5.26 Å². The van der Waals surface area contributed by atoms with Gasteiger partial charge in [-0.3, -0.25) is 4.79 Å². The number of halogens is 5. The second kappa shape index (κ2) is 6.76. The highest BCUT2D eigenvalue weighted by Gasteiger charge is 2.50. The first kappa shape index (κ1) is 20.1. The van der Waals surface area contributed by atoms with E-state index in [1.54, 1.807) is 13.0 Å². The minimum atomic E-state index is -4.87. The topological polar surface area (TPSA) is 80.5 Å². The van der Waals surface area contributed by atoms with Crippen molar-refractivity contribution in [3.8, 4) is 6.07 Å². The fourth-order valence-electron chi connectivity index (χ4n) is 3.50. The van der Waals surface area contributed by atoms with Crippen LogP contribution in [0.4, 0.5) is 33.6 Å². The second-order valence-corrected chi connectivity index (χ2v) is 7.10. The normalized spacial score (nSPS) is 24.0. The molecule has 0 radical (unpaired) electrons. The van der Waals surface area contributed by atoms with E-state index in [0.717, 1.165) is 4.90 Å². The van der Waals surface area contributed by atoms with Gasteiger partial charge in [-0.1, -0.05) is 0 Å². The number of nitrogens with zero attached hydrogens (tertiary/aromatic N) is 4. The van der Waals surface area contributed by atoms with Gasteiger partial charge < -0.3 is 14.9 Å². The van der Waals surface area contributed by atoms with Crippen molar-refractivity contribution in [1.82, 2.24) is 4.98 Å². The van der Waals surface area contributed by atoms with E-state index < -0.39 is 54.6 Å². The van der Waals surface area contributed by atoms with E-state index >= 15 is 0 Å². The predicted molar refractivity (Wildman–Crippen MR) is 88.3 cm³/mol. The Kier molecular flexibility index (Phi) is 4.85. The Bertz CT molecular complexity index is 836. The highest BCUT2D eigenvalue weighted by Crippen LogP contribution is 2.42. The number of pyridine rings is 1. The van der Waals surface area contributed by atoms with Gasteiger partial charge in [0.25, 0.3) is 5.92 Å². The van der Waals surface area contributed by atoms with E-state index in [0.29, 0.717) is 19.0 Å². The Hall–Kier alpha value is -2.64. The fourth-order valence-corrected chi connectivity index (χ4v) is 3.50. The highest BCUT2D eigenvalue weighted by molar-refractivity contribution is 5.68. The van der Waals surface area contributed by atoms with Gasteiger partial charge in [-0.25, -0.2) is 13.8 Å². The van der Waals surface area contributed by atoms with Crippen molar-refractivity contribution in [2.24, 2.45) is 5.92 Å². The van der Waals surface area contributed by atoms with Crippen molar-refractivity contribution in [2.45, 2.75) is 37.9 Å². The highest BCUT2D eigenvalue weighted by atomic mass is 19.4. The lowest BCUT2D eigenvalue weighted by atomic mass is 10.0. The number of nitriles is 1. The molecule has 0 aliphatic carbocycles. The van der Waals surface area contributed by atoms with Crippen LogP contribution in [0.15, 0.2) is 6.07 Å². The van der Waals surface area contributed by atoms with E-state index in [1.165, 1.54) is 4.90 Å². The SMILES string of the molecule is C[C@H]1CCN1c1nc(N2CC(CC(=O)O)C(F)(F)C2)cc(C(F)(F)F)c1C#N. The molecular weight excluding hydrogens is 387 g/mol. The van der Waals surface area contributed by atoms with Crippen LogP contribution in [-0.2, 0) is 11.0 Å². The molecule has 3 heterocycles. The summed E-state index contributed by atoms with van der Waals surface area (Å²) in [4.78, 5) is 17.4. The van der Waals surface area contributed by atoms with Crippen molar-refractivity contribution < 1.29 is 31.9 Å². The molecule has 1 unspecified atom stereocenters. The molecule has 1 aromatic heterocycles. The van der Waals surface area contributed by atoms with E-state index in [9.17, 15) is 32.0 Å². The number of carboxylic acid groups (broad SMARTS) is 1. The molecule has 28 heavy (non-hydrogen) atoms. The molecule has 3 rings (SSSR count). The molecule has 0 amide bonds. The molecule has 152 valence electrons. The molecule has 0 spiro atoms. The average molecular weight is 404 g/mol. The Morgan fingerprint density at radius 2 is 2.14 bits per heavy atom. The summed E-state index contributed by atoms with van der Waals surface area (Å²) in [5.41, 5.74) is -1.88. The second-order valence-electron chi connectivity index (χ2n) is 7.10. The van der Waals surface area contributed by atoms with E-state index in [-0.39, 0.29) is 17.7 Å². The van der Waals surface area contributed by atoms with Gasteiger partial charge >= 0.3 is 12.1 Å². The molecule has 1 N–H and O–H groups in total. The van der Waals surface area contributed by atoms with E-state index in [4.69, 9.17) is 5.11 Å². The molecule has 2 atom stereocenters. The average Bonchev–Trinajstić information content (AvgIpc) is 2.86. The summed E-state index contributed by atoms with van der Waals surface area (Å²) in [7, 11) is 0. The van der Waals surface area contributed by atoms with Crippen LogP contribution in [0.5, 0.6) is 0 Å². The van der Waals surface area contributed by atoms with Crippen LogP contribution in [0, 0.1) is 17.2 Å². The first-order valence-corrected chi connectivity index (χ1v) is 8.57. The number of aliphatic carboxylic acids is 1. The molecule has 2 fully saturated rings. The number of carboxylic acids is 1. The predicted octanol–water partition coefficient (Wildman–Crippen LogP) is 3.12. The number of carbonyl (C=O) groups is 1. The van der Waals surface area contributed by atoms with Crippen LogP contribution < -0.4 is 9.80 Å². The third-order valence-corrected chi connectivity index (χ3v) is 5.18. The number of hydrogen-bond donors (Lipinski definition) is 1. The summed E-state index contributed by atoms with van der Waals surface area (Å²) in [6.45, 7) is 0.793. The van der Waals surface area contributed by atoms with Crippen LogP contribution in [0.1, 0.15) is 30.9 Å². The molecule has 6 nitrogen and oxygen atoms in total. The lowest BCUT2D eigenvalue weighted by Gasteiger charge is -2.40. The third-order valence-electron chi connectivity index (χ3n) is 5.18. The smallest absolute Gasteiger partial charge is 0.417 e. The van der Waals surface area contributed by atoms with Crippen LogP contribution >= 0.6 is 0 Å². The Balaban J connectivity index is 2.06. The van der Waals surface area contributed by atoms with Crippen LogP contribution in [0.25, 0.3) is 0 Å². The van der Waals surface area contributed by atoms with Gasteiger partial charge in [-0.15, -0.1) is 0 Å². The zero-order valence-corrected chi connectivity index (χ0v) is 14.8. The maximum absolute atomic E-state index is 14.2. The number of alkyl halides is 5. The molecule has 1 aromatic rings. The molecule has 2 aliphatic heterocycles. The van der Waals surface area contributed by atoms with Gasteiger partial charge in [0.1, 0.15) is 23.3 Å². The minimum absolute atomic E-state index is 0.129. The lowest BCUT2D eigenvalue weighted by Crippen LogP contribution is -2.47. The molecular formula is C17H17F5N4O2. The quantitative estimate of drug-likeness (QED) is 0.777. The molecule has 0 bridgehead atoms. The van der Waals surface area contributed by atoms with Crippen LogP contribution in [0.2, 0.25) is 0 Å². The van der Waals surface area contributed by atoms with Gasteiger partial charge in [0, 0.05) is 19.1 Å². The van der Waals surface area contributed by atoms with Crippen molar-refractivity contribution >= 4 is 17.6 Å². The van der Waals surface area contributed by atoms with Gasteiger partial charge in [0.05, 0.1) is 24.4 Å². The van der Waals surface area contributed by atoms with Gasteiger partial charge in [-0.2, -0.15) is 18.4 Å². The summed E-state index contributed by atoms with van der Waals surface area (Å²) in [6.07, 6.45) is -4.96. The number of anilines is 2. The lowest BCUT2D eigenvalue weighted by molar-refractivity contribution is -0.141. The third kappa shape index (κ3) is 3.55. The maximum atomic E-state index is 14.2. The number of hydrogen-bond acceptors (Lipinski definition) is 5. The summed E-state index contributed by atoms with van der Waals surface area (Å²) in [5, 5.41) is 18.1. The largest absolute Gasteiger partial charge is 0.481 e. The standard InChI is InChI=1S/C17H17F5N4O2/c1-9-2-3-26(9)15-11(6-23)12(17(20,21)22)5-13(24-15)25-7-10(4-14(27)28)16(18,19)8-25/h5,9-10H,2-4,7-8H2,1H3,(H,27,28)/t9-,10?/m0/s1. The van der Waals surface area contributed by atoms with E-state index in [1.807, 2.05) is 0 Å². The molecule has 0 saturated carbocycles. The number of rotatable bonds is 4. The van der Waals surface area contributed by atoms with Crippen LogP contribution in [0.3, 0.4) is 0 Å². The van der Waals surface area contributed by atoms with Crippen molar-refractivity contribution in [3.63, 3.8) is 0 Å². The zero-order valence-electron chi connectivity index (χ0n) is 14.8. The van der Waals surface area contributed by atoms with E-state index in [2.05, 4.69) is 4.98 Å². The van der Waals surface area contributed by atoms with Crippen molar-refractivity contribution in [2.75, 3.05) is 29.4 Å². The van der Waals surface area contributed by atoms with Gasteiger partial charge in [0.2, 0.25) is 0 Å². The molecule has 2 saturated heterocycles. The van der Waals surface area contributed by atoms with Gasteiger partial charge in [0.15, 0.2) is 0 Å². The zero-order chi connectivity index (χ0) is 20.9. The Morgan fingerprint density at radius 1 is 1.46 bits per heavy atom. The Morgan fingerprint density at radius 3 is 2.61 bits per heavy atom. The monoisotopic (exact) mass is 404 g/mol. The summed E-state index contributed by atoms with van der Waals surface area (Å²) >= 11 is 0. The molecule has 2 aliphatic rings. The minimum Gasteiger partial charge on any atom is -0.481 e. The first-order valence-electron chi connectivity index (χ1n) is 8.57. The van der Waals surface area contributed by atoms with Crippen molar-refractivity contribution in [3.05, 3.63) is 17.2 Å². The molecule has 0 aromatic carbocycles. The molecule has 11 heteroatoms. The van der Waals surface area contributed by atoms with Gasteiger partial charge in [-0.05, 0) is 19.4 Å². The van der Waals surface area contributed by atoms with Crippen LogP contribution in [-0.4, -0.2) is 47.7 Å². The summed E-state index contributed by atoms with van der Waals surface area (Å²) < 4.78 is 68.9. The summed E-state index contributed by atoms with van der Waals surface area (Å²) in [6, 6.07) is 2.00.